The van der Waals surface area contributed by atoms with Gasteiger partial charge in [0, 0.05) is 13.0 Å². The Bertz CT molecular complexity index is 1020. The lowest BCUT2D eigenvalue weighted by Crippen LogP contribution is -2.28. The van der Waals surface area contributed by atoms with E-state index in [0.29, 0.717) is 36.0 Å². The summed E-state index contributed by atoms with van der Waals surface area (Å²) >= 11 is 0. The number of carbonyl (C=O) groups is 2. The van der Waals surface area contributed by atoms with E-state index in [2.05, 4.69) is 15.4 Å². The van der Waals surface area contributed by atoms with Gasteiger partial charge in [-0.15, -0.1) is 0 Å². The summed E-state index contributed by atoms with van der Waals surface area (Å²) in [4.78, 5) is 31.1. The van der Waals surface area contributed by atoms with Crippen LogP contribution in [-0.2, 0) is 9.59 Å². The Balaban J connectivity index is 1.52. The molecule has 3 aromatic rings. The number of nitrogens with one attached hydrogen (secondary N) is 1. The number of carbonyl (C=O) groups excluding carboxylic acids is 2. The van der Waals surface area contributed by atoms with E-state index < -0.39 is 5.92 Å². The van der Waals surface area contributed by atoms with Crippen molar-refractivity contribution >= 4 is 23.2 Å². The van der Waals surface area contributed by atoms with Crippen LogP contribution in [0.3, 0.4) is 0 Å². The van der Waals surface area contributed by atoms with E-state index in [1.165, 1.54) is 6.33 Å². The van der Waals surface area contributed by atoms with Crippen molar-refractivity contribution in [1.29, 1.82) is 0 Å². The van der Waals surface area contributed by atoms with E-state index in [0.717, 1.165) is 0 Å². The van der Waals surface area contributed by atoms with Crippen molar-refractivity contribution in [3.05, 3.63) is 61.2 Å². The highest BCUT2D eigenvalue weighted by Gasteiger charge is 2.36. The minimum Gasteiger partial charge on any atom is -0.492 e. The molecule has 1 N–H and O–H groups in total. The molecule has 1 fully saturated rings. The molecule has 8 nitrogen and oxygen atoms in total. The van der Waals surface area contributed by atoms with Crippen LogP contribution in [0, 0.1) is 5.92 Å². The van der Waals surface area contributed by atoms with Crippen LogP contribution in [-0.4, -0.2) is 39.7 Å². The first-order valence-electron chi connectivity index (χ1n) is 9.44. The molecule has 8 heteroatoms. The molecule has 4 rings (SSSR count). The topological polar surface area (TPSA) is 89.3 Å². The van der Waals surface area contributed by atoms with Crippen molar-refractivity contribution in [1.82, 2.24) is 14.8 Å². The standard InChI is InChI=1S/C21H21N5O3/c1-2-29-19-10-6-5-9-18(19)25-12-15(11-20(25)27)21(28)24-16-7-3-4-8-17(16)26-14-22-13-23-26/h3-10,13-15H,2,11-12H2,1H3,(H,24,28). The van der Waals surface area contributed by atoms with Crippen molar-refractivity contribution in [3.63, 3.8) is 0 Å². The number of amides is 2. The van der Waals surface area contributed by atoms with Gasteiger partial charge in [0.25, 0.3) is 0 Å². The molecule has 2 amide bonds. The zero-order valence-electron chi connectivity index (χ0n) is 16.0. The number of anilines is 2. The summed E-state index contributed by atoms with van der Waals surface area (Å²) < 4.78 is 7.22. The van der Waals surface area contributed by atoms with Crippen LogP contribution in [0.15, 0.2) is 61.2 Å². The Morgan fingerprint density at radius 3 is 2.69 bits per heavy atom. The summed E-state index contributed by atoms with van der Waals surface area (Å²) in [5.74, 6) is -0.119. The second-order valence-electron chi connectivity index (χ2n) is 6.65. The number of rotatable bonds is 6. The van der Waals surface area contributed by atoms with Crippen LogP contribution in [0.1, 0.15) is 13.3 Å². The highest BCUT2D eigenvalue weighted by atomic mass is 16.5. The summed E-state index contributed by atoms with van der Waals surface area (Å²) in [7, 11) is 0. The van der Waals surface area contributed by atoms with Gasteiger partial charge in [0.15, 0.2) is 0 Å². The molecule has 2 heterocycles. The van der Waals surface area contributed by atoms with Crippen LogP contribution in [0.4, 0.5) is 11.4 Å². The lowest BCUT2D eigenvalue weighted by Gasteiger charge is -2.20. The van der Waals surface area contributed by atoms with Crippen LogP contribution in [0.25, 0.3) is 5.69 Å². The fourth-order valence-electron chi connectivity index (χ4n) is 3.42. The van der Waals surface area contributed by atoms with Crippen molar-refractivity contribution < 1.29 is 14.3 Å². The molecule has 0 saturated carbocycles. The predicted octanol–water partition coefficient (Wildman–Crippen LogP) is 2.66. The van der Waals surface area contributed by atoms with E-state index in [1.54, 1.807) is 22.0 Å². The van der Waals surface area contributed by atoms with Gasteiger partial charge in [-0.2, -0.15) is 5.10 Å². The fraction of sp³-hybridized carbons (Fsp3) is 0.238. The van der Waals surface area contributed by atoms with Crippen molar-refractivity contribution in [2.24, 2.45) is 5.92 Å². The maximum atomic E-state index is 12.9. The number of aromatic nitrogens is 3. The lowest BCUT2D eigenvalue weighted by molar-refractivity contribution is -0.122. The molecule has 0 radical (unpaired) electrons. The van der Waals surface area contributed by atoms with Gasteiger partial charge in [0.2, 0.25) is 11.8 Å². The Kier molecular flexibility index (Phi) is 5.24. The van der Waals surface area contributed by atoms with Gasteiger partial charge < -0.3 is 15.0 Å². The molecule has 2 aromatic carbocycles. The maximum Gasteiger partial charge on any atom is 0.229 e. The summed E-state index contributed by atoms with van der Waals surface area (Å²) in [6.45, 7) is 2.70. The van der Waals surface area contributed by atoms with Gasteiger partial charge in [-0.3, -0.25) is 9.59 Å². The first kappa shape index (κ1) is 18.7. The number of ether oxygens (including phenoxy) is 1. The molecule has 0 bridgehead atoms. The van der Waals surface area contributed by atoms with Gasteiger partial charge >= 0.3 is 0 Å². The normalized spacial score (nSPS) is 16.1. The summed E-state index contributed by atoms with van der Waals surface area (Å²) in [6, 6.07) is 14.7. The summed E-state index contributed by atoms with van der Waals surface area (Å²) in [5, 5.41) is 7.06. The Morgan fingerprint density at radius 2 is 1.93 bits per heavy atom. The van der Waals surface area contributed by atoms with E-state index in [4.69, 9.17) is 4.74 Å². The van der Waals surface area contributed by atoms with Crippen molar-refractivity contribution in [2.45, 2.75) is 13.3 Å². The second-order valence-corrected chi connectivity index (χ2v) is 6.65. The largest absolute Gasteiger partial charge is 0.492 e. The predicted molar refractivity (Wildman–Crippen MR) is 108 cm³/mol. The third kappa shape index (κ3) is 3.82. The van der Waals surface area contributed by atoms with Gasteiger partial charge in [0.05, 0.1) is 29.6 Å². The van der Waals surface area contributed by atoms with E-state index in [-0.39, 0.29) is 18.2 Å². The third-order valence-corrected chi connectivity index (χ3v) is 4.78. The maximum absolute atomic E-state index is 12.9. The molecule has 1 aliphatic heterocycles. The molecule has 148 valence electrons. The van der Waals surface area contributed by atoms with Crippen LogP contribution < -0.4 is 15.0 Å². The minimum atomic E-state index is -0.457. The van der Waals surface area contributed by atoms with E-state index >= 15 is 0 Å². The van der Waals surface area contributed by atoms with E-state index in [1.807, 2.05) is 49.4 Å². The highest BCUT2D eigenvalue weighted by molar-refractivity contribution is 6.04. The monoisotopic (exact) mass is 391 g/mol. The number of hydrogen-bond donors (Lipinski definition) is 1. The lowest BCUT2D eigenvalue weighted by atomic mass is 10.1. The Labute approximate surface area is 168 Å². The summed E-state index contributed by atoms with van der Waals surface area (Å²) in [5.41, 5.74) is 2.02. The average Bonchev–Trinajstić information content (AvgIpc) is 3.39. The molecule has 1 unspecified atom stereocenters. The molecular weight excluding hydrogens is 370 g/mol. The Hall–Kier alpha value is -3.68. The quantitative estimate of drug-likeness (QED) is 0.698. The number of para-hydroxylation sites is 4. The molecule has 1 aliphatic rings. The molecule has 1 aromatic heterocycles. The SMILES string of the molecule is CCOc1ccccc1N1CC(C(=O)Nc2ccccc2-n2cncn2)CC1=O. The first-order chi connectivity index (χ1) is 14.2. The average molecular weight is 391 g/mol. The smallest absolute Gasteiger partial charge is 0.229 e. The fourth-order valence-corrected chi connectivity index (χ4v) is 3.42. The van der Waals surface area contributed by atoms with E-state index in [9.17, 15) is 9.59 Å². The molecule has 1 atom stereocenters. The van der Waals surface area contributed by atoms with Gasteiger partial charge in [-0.1, -0.05) is 24.3 Å². The number of nitrogens with zero attached hydrogens (tertiary/aromatic N) is 4. The van der Waals surface area contributed by atoms with Crippen LogP contribution >= 0.6 is 0 Å². The molecule has 0 spiro atoms. The zero-order chi connectivity index (χ0) is 20.2. The zero-order valence-corrected chi connectivity index (χ0v) is 16.0. The van der Waals surface area contributed by atoms with Crippen LogP contribution in [0.2, 0.25) is 0 Å². The second kappa shape index (κ2) is 8.14. The third-order valence-electron chi connectivity index (χ3n) is 4.78. The number of hydrogen-bond acceptors (Lipinski definition) is 5. The van der Waals surface area contributed by atoms with Gasteiger partial charge in [-0.05, 0) is 31.2 Å². The van der Waals surface area contributed by atoms with Gasteiger partial charge in [0.1, 0.15) is 18.4 Å². The molecule has 29 heavy (non-hydrogen) atoms. The number of benzene rings is 2. The molecular formula is C21H21N5O3. The Morgan fingerprint density at radius 1 is 1.17 bits per heavy atom. The van der Waals surface area contributed by atoms with Gasteiger partial charge in [-0.25, -0.2) is 9.67 Å². The molecule has 1 saturated heterocycles. The minimum absolute atomic E-state index is 0.0955. The van der Waals surface area contributed by atoms with Crippen molar-refractivity contribution in [2.75, 3.05) is 23.4 Å². The highest BCUT2D eigenvalue weighted by Crippen LogP contribution is 2.33. The first-order valence-corrected chi connectivity index (χ1v) is 9.44. The van der Waals surface area contributed by atoms with Crippen molar-refractivity contribution in [3.8, 4) is 11.4 Å². The van der Waals surface area contributed by atoms with Crippen LogP contribution in [0.5, 0.6) is 5.75 Å². The molecule has 0 aliphatic carbocycles. The summed E-state index contributed by atoms with van der Waals surface area (Å²) in [6.07, 6.45) is 3.15.